The molecule has 0 amide bonds. The van der Waals surface area contributed by atoms with Crippen LogP contribution in [0.2, 0.25) is 0 Å². The summed E-state index contributed by atoms with van der Waals surface area (Å²) in [7, 11) is 0. The molecular formula is C19H22N2O3. The fraction of sp³-hybridized carbons (Fsp3) is 0.474. The third-order valence-electron chi connectivity index (χ3n) is 6.51. The monoisotopic (exact) mass is 326 g/mol. The van der Waals surface area contributed by atoms with E-state index in [2.05, 4.69) is 16.0 Å². The summed E-state index contributed by atoms with van der Waals surface area (Å²) in [6.45, 7) is 2.95. The molecule has 4 aliphatic rings. The van der Waals surface area contributed by atoms with Crippen LogP contribution in [-0.4, -0.2) is 44.4 Å². The zero-order chi connectivity index (χ0) is 16.6. The number of H-pyrrole nitrogens is 1. The second-order valence-electron chi connectivity index (χ2n) is 7.45. The van der Waals surface area contributed by atoms with E-state index >= 15 is 0 Å². The predicted octanol–water partition coefficient (Wildman–Crippen LogP) is 1.83. The molecule has 5 heterocycles. The molecule has 4 N–H and O–H groups in total. The predicted molar refractivity (Wildman–Crippen MR) is 90.5 cm³/mol. The molecule has 126 valence electrons. The highest BCUT2D eigenvalue weighted by molar-refractivity contribution is 5.86. The van der Waals surface area contributed by atoms with E-state index < -0.39 is 5.72 Å². The van der Waals surface area contributed by atoms with Gasteiger partial charge in [0.2, 0.25) is 0 Å². The van der Waals surface area contributed by atoms with E-state index in [1.54, 1.807) is 12.1 Å². The van der Waals surface area contributed by atoms with Crippen LogP contribution in [-0.2, 0) is 12.1 Å². The minimum absolute atomic E-state index is 0.135. The van der Waals surface area contributed by atoms with Gasteiger partial charge in [-0.3, -0.25) is 4.90 Å². The average molecular weight is 326 g/mol. The van der Waals surface area contributed by atoms with Crippen LogP contribution in [0.15, 0.2) is 29.8 Å². The van der Waals surface area contributed by atoms with Crippen molar-refractivity contribution in [2.75, 3.05) is 13.2 Å². The number of aromatic hydroxyl groups is 1. The molecule has 0 radical (unpaired) electrons. The quantitative estimate of drug-likeness (QED) is 0.603. The van der Waals surface area contributed by atoms with Gasteiger partial charge in [0.15, 0.2) is 5.72 Å². The molecule has 6 rings (SSSR count). The highest BCUT2D eigenvalue weighted by Crippen LogP contribution is 2.56. The molecule has 3 fully saturated rings. The van der Waals surface area contributed by atoms with Crippen molar-refractivity contribution in [2.24, 2.45) is 11.8 Å². The molecule has 5 atom stereocenters. The summed E-state index contributed by atoms with van der Waals surface area (Å²) in [5.74, 6) is 0.623. The Morgan fingerprint density at radius 3 is 3.00 bits per heavy atom. The van der Waals surface area contributed by atoms with Gasteiger partial charge in [0.1, 0.15) is 5.75 Å². The van der Waals surface area contributed by atoms with Gasteiger partial charge in [0.25, 0.3) is 0 Å². The van der Waals surface area contributed by atoms with E-state index in [1.165, 1.54) is 5.57 Å². The molecule has 3 saturated heterocycles. The lowest BCUT2D eigenvalue weighted by atomic mass is 9.63. The number of nitrogens with one attached hydrogen (secondary N) is 1. The highest BCUT2D eigenvalue weighted by Gasteiger charge is 2.59. The van der Waals surface area contributed by atoms with E-state index in [1.807, 2.05) is 13.0 Å². The topological polar surface area (TPSA) is 79.7 Å². The van der Waals surface area contributed by atoms with Crippen molar-refractivity contribution in [1.29, 1.82) is 0 Å². The summed E-state index contributed by atoms with van der Waals surface area (Å²) in [4.78, 5) is 5.57. The first-order valence-electron chi connectivity index (χ1n) is 8.66. The van der Waals surface area contributed by atoms with Gasteiger partial charge in [0.05, 0.1) is 5.69 Å². The van der Waals surface area contributed by atoms with Gasteiger partial charge in [-0.1, -0.05) is 11.6 Å². The maximum atomic E-state index is 11.6. The molecule has 4 bridgehead atoms. The van der Waals surface area contributed by atoms with Crippen LogP contribution >= 0.6 is 0 Å². The van der Waals surface area contributed by atoms with Gasteiger partial charge in [-0.25, -0.2) is 0 Å². The van der Waals surface area contributed by atoms with Crippen molar-refractivity contribution in [3.8, 4) is 5.75 Å². The molecule has 0 aliphatic carbocycles. The van der Waals surface area contributed by atoms with Crippen LogP contribution < -0.4 is 0 Å². The Hall–Kier alpha value is -1.82. The second kappa shape index (κ2) is 4.63. The van der Waals surface area contributed by atoms with Crippen molar-refractivity contribution in [3.63, 3.8) is 0 Å². The molecule has 0 saturated carbocycles. The van der Waals surface area contributed by atoms with E-state index in [0.717, 1.165) is 35.1 Å². The van der Waals surface area contributed by atoms with Crippen molar-refractivity contribution in [2.45, 2.75) is 31.5 Å². The van der Waals surface area contributed by atoms with Gasteiger partial charge < -0.3 is 20.3 Å². The van der Waals surface area contributed by atoms with Crippen molar-refractivity contribution in [1.82, 2.24) is 9.88 Å². The Morgan fingerprint density at radius 2 is 2.25 bits per heavy atom. The molecule has 4 unspecified atom stereocenters. The maximum Gasteiger partial charge on any atom is 0.160 e. The number of phenolic OH excluding ortho intramolecular Hbond substituents is 1. The molecule has 24 heavy (non-hydrogen) atoms. The number of nitrogens with zero attached hydrogens (tertiary/aromatic N) is 1. The van der Waals surface area contributed by atoms with E-state index in [9.17, 15) is 15.3 Å². The number of hydrogen-bond donors (Lipinski definition) is 4. The number of rotatable bonds is 1. The summed E-state index contributed by atoms with van der Waals surface area (Å²) >= 11 is 0. The van der Waals surface area contributed by atoms with E-state index in [0.29, 0.717) is 6.42 Å². The normalized spacial score (nSPS) is 38.7. The molecule has 5 heteroatoms. The van der Waals surface area contributed by atoms with E-state index in [4.69, 9.17) is 0 Å². The molecule has 0 spiro atoms. The van der Waals surface area contributed by atoms with Crippen LogP contribution in [0.4, 0.5) is 0 Å². The Balaban J connectivity index is 1.74. The summed E-state index contributed by atoms with van der Waals surface area (Å²) < 4.78 is 0. The summed E-state index contributed by atoms with van der Waals surface area (Å²) in [6.07, 6.45) is 3.54. The summed E-state index contributed by atoms with van der Waals surface area (Å²) in [6, 6.07) is 5.44. The first kappa shape index (κ1) is 14.5. The number of hydrogen-bond acceptors (Lipinski definition) is 4. The first-order chi connectivity index (χ1) is 11.6. The Bertz CT molecular complexity index is 871. The van der Waals surface area contributed by atoms with E-state index in [-0.39, 0.29) is 30.2 Å². The smallest absolute Gasteiger partial charge is 0.160 e. The van der Waals surface area contributed by atoms with Crippen LogP contribution in [0.25, 0.3) is 10.9 Å². The lowest BCUT2D eigenvalue weighted by Crippen LogP contribution is -2.69. The molecule has 5 nitrogen and oxygen atoms in total. The minimum atomic E-state index is -1.00. The van der Waals surface area contributed by atoms with Gasteiger partial charge in [-0.15, -0.1) is 0 Å². The Labute approximate surface area is 140 Å². The van der Waals surface area contributed by atoms with Gasteiger partial charge in [0, 0.05) is 42.4 Å². The van der Waals surface area contributed by atoms with Crippen LogP contribution in [0.1, 0.15) is 24.6 Å². The second-order valence-corrected chi connectivity index (χ2v) is 7.45. The third-order valence-corrected chi connectivity index (χ3v) is 6.51. The van der Waals surface area contributed by atoms with Gasteiger partial charge in [-0.2, -0.15) is 0 Å². The number of piperidine rings is 3. The van der Waals surface area contributed by atoms with Gasteiger partial charge >= 0.3 is 0 Å². The summed E-state index contributed by atoms with van der Waals surface area (Å²) in [5.41, 5.74) is 3.23. The molecule has 1 aromatic heterocycles. The number of phenols is 1. The number of aromatic amines is 1. The number of aliphatic hydroxyl groups excluding tert-OH is 1. The van der Waals surface area contributed by atoms with Crippen molar-refractivity contribution >= 4 is 10.9 Å². The van der Waals surface area contributed by atoms with Crippen LogP contribution in [0.3, 0.4) is 0 Å². The lowest BCUT2D eigenvalue weighted by molar-refractivity contribution is -0.221. The summed E-state index contributed by atoms with van der Waals surface area (Å²) in [5, 5.41) is 32.4. The third kappa shape index (κ3) is 1.60. The number of allylic oxidation sites excluding steroid dienone is 1. The zero-order valence-corrected chi connectivity index (χ0v) is 13.7. The molecular weight excluding hydrogens is 304 g/mol. The molecule has 2 aromatic rings. The highest BCUT2D eigenvalue weighted by atomic mass is 16.3. The average Bonchev–Trinajstić information content (AvgIpc) is 2.93. The number of aromatic nitrogens is 1. The first-order valence-corrected chi connectivity index (χ1v) is 8.66. The maximum absolute atomic E-state index is 11.6. The number of benzene rings is 1. The van der Waals surface area contributed by atoms with Crippen molar-refractivity contribution in [3.05, 3.63) is 41.1 Å². The largest absolute Gasteiger partial charge is 0.508 e. The Morgan fingerprint density at radius 1 is 1.42 bits per heavy atom. The number of aliphatic hydroxyl groups is 2. The fourth-order valence-electron chi connectivity index (χ4n) is 5.38. The van der Waals surface area contributed by atoms with Crippen LogP contribution in [0, 0.1) is 11.8 Å². The van der Waals surface area contributed by atoms with Crippen molar-refractivity contribution < 1.29 is 15.3 Å². The molecule has 4 aliphatic heterocycles. The Kier molecular flexibility index (Phi) is 2.80. The molecule has 1 aromatic carbocycles. The van der Waals surface area contributed by atoms with Gasteiger partial charge in [-0.05, 0) is 43.0 Å². The fourth-order valence-corrected chi connectivity index (χ4v) is 5.38. The standard InChI is InChI=1S/C19H22N2O3/c1-2-10-8-21-17-6-13-12-5-11(23)3-4-16(12)20-18(13)19(21,24)7-14(10)15(17)9-22/h2-5,14-15,17,20,22-24H,6-9H2,1H3/b10-2-/t14?,15?,17?,19-/m1/s1. The lowest BCUT2D eigenvalue weighted by Gasteiger charge is -2.61. The SMILES string of the molecule is C/C=C1/CN2C3Cc4c([nH]c5ccc(O)cc45)[C@]2(O)CC1C3CO. The number of fused-ring (bicyclic) bond motifs is 4. The zero-order valence-electron chi connectivity index (χ0n) is 13.7. The minimum Gasteiger partial charge on any atom is -0.508 e. The van der Waals surface area contributed by atoms with Crippen LogP contribution in [0.5, 0.6) is 5.75 Å².